The van der Waals surface area contributed by atoms with Gasteiger partial charge in [0.1, 0.15) is 5.60 Å². The minimum atomic E-state index is -0.494. The second-order valence-electron chi connectivity index (χ2n) is 5.06. The molecule has 1 amide bonds. The van der Waals surface area contributed by atoms with Crippen LogP contribution in [0.2, 0.25) is 0 Å². The Morgan fingerprint density at radius 1 is 1.53 bits per heavy atom. The number of aromatic nitrogens is 1. The summed E-state index contributed by atoms with van der Waals surface area (Å²) in [6.45, 7) is 6.51. The smallest absolute Gasteiger partial charge is 0.410 e. The maximum Gasteiger partial charge on any atom is 0.410 e. The Kier molecular flexibility index (Phi) is 2.99. The zero-order chi connectivity index (χ0) is 12.6. The highest BCUT2D eigenvalue weighted by molar-refractivity contribution is 7.06. The predicted molar refractivity (Wildman–Crippen MR) is 64.1 cm³/mol. The summed E-state index contributed by atoms with van der Waals surface area (Å²) in [5.74, 6) is 0.0401. The Bertz CT molecular complexity index is 436. The van der Waals surface area contributed by atoms with Crippen molar-refractivity contribution in [2.75, 3.05) is 6.54 Å². The van der Waals surface area contributed by atoms with Crippen LogP contribution in [0.4, 0.5) is 4.79 Å². The fourth-order valence-electron chi connectivity index (χ4n) is 1.68. The maximum absolute atomic E-state index is 11.9. The van der Waals surface area contributed by atoms with E-state index in [9.17, 15) is 9.90 Å². The van der Waals surface area contributed by atoms with Crippen molar-refractivity contribution in [2.24, 2.45) is 0 Å². The van der Waals surface area contributed by atoms with E-state index in [-0.39, 0.29) is 12.0 Å². The van der Waals surface area contributed by atoms with Crippen molar-refractivity contribution in [3.05, 3.63) is 10.4 Å². The molecule has 0 saturated carbocycles. The number of hydrogen-bond acceptors (Lipinski definition) is 5. The average Bonchev–Trinajstić information content (AvgIpc) is 2.57. The van der Waals surface area contributed by atoms with Crippen molar-refractivity contribution >= 4 is 17.6 Å². The van der Waals surface area contributed by atoms with Gasteiger partial charge in [0.25, 0.3) is 0 Å². The summed E-state index contributed by atoms with van der Waals surface area (Å²) in [4.78, 5) is 14.5. The molecule has 17 heavy (non-hydrogen) atoms. The molecule has 0 saturated heterocycles. The van der Waals surface area contributed by atoms with Crippen LogP contribution in [0.15, 0.2) is 0 Å². The molecule has 0 aromatic carbocycles. The molecule has 1 aliphatic rings. The first-order chi connectivity index (χ1) is 7.87. The van der Waals surface area contributed by atoms with Crippen LogP contribution in [0, 0.1) is 0 Å². The normalized spacial score (nSPS) is 15.6. The lowest BCUT2D eigenvalue weighted by Gasteiger charge is -2.29. The maximum atomic E-state index is 11.9. The van der Waals surface area contributed by atoms with E-state index < -0.39 is 5.60 Å². The molecular weight excluding hydrogens is 240 g/mol. The number of rotatable bonds is 0. The molecule has 0 bridgehead atoms. The van der Waals surface area contributed by atoms with Crippen molar-refractivity contribution < 1.29 is 14.6 Å². The van der Waals surface area contributed by atoms with Crippen LogP contribution in [0.5, 0.6) is 5.88 Å². The van der Waals surface area contributed by atoms with Crippen molar-refractivity contribution in [3.63, 3.8) is 0 Å². The van der Waals surface area contributed by atoms with E-state index in [1.54, 1.807) is 4.90 Å². The Morgan fingerprint density at radius 3 is 2.88 bits per heavy atom. The lowest BCUT2D eigenvalue weighted by atomic mass is 10.1. The molecule has 0 radical (unpaired) electrons. The van der Waals surface area contributed by atoms with Gasteiger partial charge in [-0.3, -0.25) is 0 Å². The summed E-state index contributed by atoms with van der Waals surface area (Å²) in [5.41, 5.74) is 0.263. The molecule has 94 valence electrons. The second-order valence-corrected chi connectivity index (χ2v) is 5.92. The standard InChI is InChI=1S/C11H16N2O3S/c1-11(2,3)16-10(15)13-5-4-8-7(6-13)9(14)12-17-8/h4-6H2,1-3H3,(H,12,14). The summed E-state index contributed by atoms with van der Waals surface area (Å²) < 4.78 is 9.18. The summed E-state index contributed by atoms with van der Waals surface area (Å²) in [6.07, 6.45) is 0.390. The van der Waals surface area contributed by atoms with Crippen LogP contribution in [-0.2, 0) is 17.7 Å². The number of carbonyl (C=O) groups excluding carboxylic acids is 1. The van der Waals surface area contributed by atoms with Crippen molar-refractivity contribution in [2.45, 2.75) is 39.3 Å². The van der Waals surface area contributed by atoms with Crippen molar-refractivity contribution in [1.29, 1.82) is 0 Å². The first-order valence-corrected chi connectivity index (χ1v) is 6.28. The van der Waals surface area contributed by atoms with Gasteiger partial charge in [-0.05, 0) is 32.3 Å². The zero-order valence-electron chi connectivity index (χ0n) is 10.2. The molecule has 2 heterocycles. The van der Waals surface area contributed by atoms with Crippen LogP contribution >= 0.6 is 11.5 Å². The first kappa shape index (κ1) is 12.2. The number of ether oxygens (including phenoxy) is 1. The minimum absolute atomic E-state index is 0.0401. The minimum Gasteiger partial charge on any atom is -0.492 e. The fraction of sp³-hybridized carbons (Fsp3) is 0.636. The van der Waals surface area contributed by atoms with E-state index in [4.69, 9.17) is 4.74 Å². The van der Waals surface area contributed by atoms with E-state index >= 15 is 0 Å². The third-order valence-electron chi connectivity index (χ3n) is 2.46. The van der Waals surface area contributed by atoms with Crippen molar-refractivity contribution in [1.82, 2.24) is 9.27 Å². The number of hydrogen-bond donors (Lipinski definition) is 1. The fourth-order valence-corrected chi connectivity index (χ4v) is 2.43. The summed E-state index contributed by atoms with van der Waals surface area (Å²) in [6, 6.07) is 0. The molecule has 6 heteroatoms. The van der Waals surface area contributed by atoms with Gasteiger partial charge < -0.3 is 14.7 Å². The Morgan fingerprint density at radius 2 is 2.24 bits per heavy atom. The van der Waals surface area contributed by atoms with Gasteiger partial charge in [-0.2, -0.15) is 4.37 Å². The highest BCUT2D eigenvalue weighted by atomic mass is 32.1. The molecule has 1 aromatic rings. The highest BCUT2D eigenvalue weighted by Gasteiger charge is 2.28. The van der Waals surface area contributed by atoms with Crippen LogP contribution in [0.1, 0.15) is 31.2 Å². The monoisotopic (exact) mass is 256 g/mol. The van der Waals surface area contributed by atoms with Crippen LogP contribution < -0.4 is 0 Å². The topological polar surface area (TPSA) is 62.7 Å². The molecule has 0 aliphatic carbocycles. The Labute approximate surface area is 104 Å². The summed E-state index contributed by atoms with van der Waals surface area (Å²) >= 11 is 1.30. The Balaban J connectivity index is 2.07. The quantitative estimate of drug-likeness (QED) is 0.772. The molecule has 0 spiro atoms. The van der Waals surface area contributed by atoms with Crippen LogP contribution in [-0.4, -0.2) is 32.6 Å². The molecule has 1 N–H and O–H groups in total. The van der Waals surface area contributed by atoms with Gasteiger partial charge in [0.05, 0.1) is 6.54 Å². The third kappa shape index (κ3) is 2.69. The molecule has 2 rings (SSSR count). The van der Waals surface area contributed by atoms with Crippen LogP contribution in [0.3, 0.4) is 0 Å². The lowest BCUT2D eigenvalue weighted by molar-refractivity contribution is 0.0224. The van der Waals surface area contributed by atoms with Crippen molar-refractivity contribution in [3.8, 4) is 5.88 Å². The Hall–Kier alpha value is -1.30. The molecule has 0 fully saturated rings. The molecule has 0 unspecified atom stereocenters. The van der Waals surface area contributed by atoms with Gasteiger partial charge >= 0.3 is 6.09 Å². The van der Waals surface area contributed by atoms with E-state index in [1.807, 2.05) is 20.8 Å². The number of amides is 1. The van der Waals surface area contributed by atoms with Gasteiger partial charge in [-0.25, -0.2) is 4.79 Å². The first-order valence-electron chi connectivity index (χ1n) is 5.51. The number of nitrogens with zero attached hydrogens (tertiary/aromatic N) is 2. The number of aromatic hydroxyl groups is 1. The molecule has 5 nitrogen and oxygen atoms in total. The predicted octanol–water partition coefficient (Wildman–Crippen LogP) is 2.14. The van der Waals surface area contributed by atoms with Crippen LogP contribution in [0.25, 0.3) is 0 Å². The van der Waals surface area contributed by atoms with E-state index in [0.29, 0.717) is 13.1 Å². The summed E-state index contributed by atoms with van der Waals surface area (Å²) in [7, 11) is 0. The lowest BCUT2D eigenvalue weighted by Crippen LogP contribution is -2.39. The SMILES string of the molecule is CC(C)(C)OC(=O)N1CCc2snc(O)c2C1. The molecule has 1 aliphatic heterocycles. The van der Waals surface area contributed by atoms with Gasteiger partial charge in [0, 0.05) is 23.4 Å². The molecule has 1 aromatic heterocycles. The average molecular weight is 256 g/mol. The van der Waals surface area contributed by atoms with E-state index in [2.05, 4.69) is 4.37 Å². The largest absolute Gasteiger partial charge is 0.492 e. The van der Waals surface area contributed by atoms with Gasteiger partial charge in [0.15, 0.2) is 0 Å². The number of carbonyl (C=O) groups is 1. The number of fused-ring (bicyclic) bond motifs is 1. The third-order valence-corrected chi connectivity index (χ3v) is 3.39. The molecule has 0 atom stereocenters. The van der Waals surface area contributed by atoms with E-state index in [0.717, 1.165) is 16.9 Å². The molecular formula is C11H16N2O3S. The second kappa shape index (κ2) is 4.18. The highest BCUT2D eigenvalue weighted by Crippen LogP contribution is 2.30. The summed E-state index contributed by atoms with van der Waals surface area (Å²) in [5, 5.41) is 9.55. The zero-order valence-corrected chi connectivity index (χ0v) is 11.0. The van der Waals surface area contributed by atoms with E-state index in [1.165, 1.54) is 11.5 Å². The van der Waals surface area contributed by atoms with Gasteiger partial charge in [0.2, 0.25) is 5.88 Å². The van der Waals surface area contributed by atoms with Gasteiger partial charge in [-0.1, -0.05) is 0 Å². The van der Waals surface area contributed by atoms with Gasteiger partial charge in [-0.15, -0.1) is 0 Å².